The zero-order valence-corrected chi connectivity index (χ0v) is 18.7. The van der Waals surface area contributed by atoms with Crippen molar-refractivity contribution in [1.29, 1.82) is 0 Å². The Bertz CT molecular complexity index is 1410. The third-order valence-electron chi connectivity index (χ3n) is 6.10. The van der Waals surface area contributed by atoms with Gasteiger partial charge in [0.15, 0.2) is 0 Å². The lowest BCUT2D eigenvalue weighted by atomic mass is 9.96. The number of benzene rings is 3. The number of aromatic nitrogens is 2. The fraction of sp³-hybridized carbons (Fsp3) is 0.179. The smallest absolute Gasteiger partial charge is 0.342 e. The van der Waals surface area contributed by atoms with Gasteiger partial charge in [0.25, 0.3) is 0 Å². The van der Waals surface area contributed by atoms with Gasteiger partial charge in [-0.05, 0) is 35.2 Å². The molecule has 0 atom stereocenters. The predicted molar refractivity (Wildman–Crippen MR) is 128 cm³/mol. The summed E-state index contributed by atoms with van der Waals surface area (Å²) in [5.74, 6) is 0.184. The number of ether oxygens (including phenoxy) is 1. The average molecular weight is 437 g/mol. The average Bonchev–Trinajstić information content (AvgIpc) is 3.34. The highest BCUT2D eigenvalue weighted by Crippen LogP contribution is 2.38. The van der Waals surface area contributed by atoms with Crippen LogP contribution in [0, 0.1) is 0 Å². The summed E-state index contributed by atoms with van der Waals surface area (Å²) in [7, 11) is 1.30. The van der Waals surface area contributed by atoms with Gasteiger partial charge in [-0.1, -0.05) is 67.6 Å². The minimum Gasteiger partial charge on any atom is -0.465 e. The van der Waals surface area contributed by atoms with Gasteiger partial charge in [-0.25, -0.2) is 9.78 Å². The van der Waals surface area contributed by atoms with Gasteiger partial charge in [0.05, 0.1) is 18.1 Å². The summed E-state index contributed by atoms with van der Waals surface area (Å²) in [6, 6.07) is 23.5. The number of imidazole rings is 1. The molecule has 0 N–H and O–H groups in total. The summed E-state index contributed by atoms with van der Waals surface area (Å²) < 4.78 is 7.20. The molecule has 1 aromatic heterocycles. The Hall–Kier alpha value is -3.99. The maximum Gasteiger partial charge on any atom is 0.342 e. The fourth-order valence-corrected chi connectivity index (χ4v) is 4.55. The number of rotatable bonds is 6. The Morgan fingerprint density at radius 1 is 0.939 bits per heavy atom. The van der Waals surface area contributed by atoms with Crippen LogP contribution in [0.3, 0.4) is 0 Å². The van der Waals surface area contributed by atoms with Crippen LogP contribution in [0.4, 0.5) is 0 Å². The Labute approximate surface area is 192 Å². The number of aryl methyl sites for hydroxylation is 1. The summed E-state index contributed by atoms with van der Waals surface area (Å²) in [4.78, 5) is 30.2. The lowest BCUT2D eigenvalue weighted by Gasteiger charge is -2.11. The summed E-state index contributed by atoms with van der Waals surface area (Å²) in [5.41, 5.74) is 6.10. The number of fused-ring (bicyclic) bond motifs is 2. The van der Waals surface area contributed by atoms with E-state index in [0.717, 1.165) is 46.4 Å². The maximum atomic E-state index is 12.9. The summed E-state index contributed by atoms with van der Waals surface area (Å²) >= 11 is 0. The predicted octanol–water partition coefficient (Wildman–Crippen LogP) is 5.21. The lowest BCUT2D eigenvalue weighted by Crippen LogP contribution is -2.12. The number of hydrogen-bond acceptors (Lipinski definition) is 4. The summed E-state index contributed by atoms with van der Waals surface area (Å²) in [5, 5.41) is 0. The van der Waals surface area contributed by atoms with Crippen molar-refractivity contribution in [3.8, 4) is 0 Å². The van der Waals surface area contributed by atoms with Crippen LogP contribution in [0.25, 0.3) is 16.6 Å². The van der Waals surface area contributed by atoms with Crippen LogP contribution in [-0.2, 0) is 22.5 Å². The molecular weight excluding hydrogens is 412 g/mol. The van der Waals surface area contributed by atoms with E-state index >= 15 is 0 Å². The minimum absolute atomic E-state index is 0.0947. The first-order valence-electron chi connectivity index (χ1n) is 11.1. The van der Waals surface area contributed by atoms with Crippen LogP contribution in [0.2, 0.25) is 0 Å². The van der Waals surface area contributed by atoms with Crippen LogP contribution in [0.15, 0.2) is 78.4 Å². The number of carbonyl (C=O) groups excluding carboxylic acids is 2. The molecule has 0 bridgehead atoms. The number of ketones is 1. The number of para-hydroxylation sites is 2. The van der Waals surface area contributed by atoms with Gasteiger partial charge in [-0.3, -0.25) is 4.79 Å². The van der Waals surface area contributed by atoms with Crippen molar-refractivity contribution < 1.29 is 14.3 Å². The van der Waals surface area contributed by atoms with Crippen LogP contribution in [0.1, 0.15) is 46.2 Å². The zero-order chi connectivity index (χ0) is 22.9. The molecule has 1 aliphatic carbocycles. The van der Waals surface area contributed by atoms with Crippen LogP contribution >= 0.6 is 0 Å². The number of esters is 1. The van der Waals surface area contributed by atoms with Gasteiger partial charge >= 0.3 is 5.97 Å². The van der Waals surface area contributed by atoms with Crippen LogP contribution < -0.4 is 0 Å². The number of Topliss-reactive ketones (excluding diaryl/α,β-unsaturated/α-hetero) is 1. The molecule has 0 fully saturated rings. The number of carbonyl (C=O) groups is 2. The third-order valence-corrected chi connectivity index (χ3v) is 6.10. The first-order chi connectivity index (χ1) is 16.1. The number of nitrogens with zero attached hydrogens (tertiary/aromatic N) is 2. The molecule has 0 saturated carbocycles. The Kier molecular flexibility index (Phi) is 5.38. The Morgan fingerprint density at radius 3 is 2.36 bits per heavy atom. The first-order valence-corrected chi connectivity index (χ1v) is 11.1. The van der Waals surface area contributed by atoms with Crippen molar-refractivity contribution in [1.82, 2.24) is 9.55 Å². The van der Waals surface area contributed by atoms with E-state index in [-0.39, 0.29) is 11.4 Å². The van der Waals surface area contributed by atoms with E-state index in [2.05, 4.69) is 17.6 Å². The zero-order valence-electron chi connectivity index (χ0n) is 18.7. The molecule has 5 rings (SSSR count). The number of methoxy groups -OCH3 is 1. The molecule has 164 valence electrons. The normalized spacial score (nSPS) is 13.0. The highest BCUT2D eigenvalue weighted by atomic mass is 16.5. The van der Waals surface area contributed by atoms with Crippen molar-refractivity contribution in [2.24, 2.45) is 0 Å². The first kappa shape index (κ1) is 20.9. The van der Waals surface area contributed by atoms with Crippen molar-refractivity contribution in [2.75, 3.05) is 7.11 Å². The van der Waals surface area contributed by atoms with E-state index in [9.17, 15) is 9.59 Å². The van der Waals surface area contributed by atoms with Crippen molar-refractivity contribution in [2.45, 2.75) is 26.3 Å². The van der Waals surface area contributed by atoms with Crippen molar-refractivity contribution >= 4 is 28.4 Å². The third kappa shape index (κ3) is 3.55. The molecule has 5 heteroatoms. The molecular formula is C28H24N2O3. The highest BCUT2D eigenvalue weighted by molar-refractivity contribution is 6.35. The topological polar surface area (TPSA) is 61.2 Å². The molecule has 1 aliphatic rings. The SMILES string of the molecule is CCCc1nc2ccccc2n1Cc1ccc(C2=C(C(=O)OC)C(=O)c3ccccc32)cc1. The fourth-order valence-electron chi connectivity index (χ4n) is 4.55. The van der Waals surface area contributed by atoms with Crippen LogP contribution in [-0.4, -0.2) is 28.4 Å². The molecule has 0 spiro atoms. The summed E-state index contributed by atoms with van der Waals surface area (Å²) in [6.45, 7) is 2.86. The molecule has 5 nitrogen and oxygen atoms in total. The molecule has 0 amide bonds. The second kappa shape index (κ2) is 8.51. The second-order valence-electron chi connectivity index (χ2n) is 8.17. The molecule has 4 aromatic rings. The highest BCUT2D eigenvalue weighted by Gasteiger charge is 2.35. The monoisotopic (exact) mass is 436 g/mol. The lowest BCUT2D eigenvalue weighted by molar-refractivity contribution is -0.135. The van der Waals surface area contributed by atoms with E-state index in [0.29, 0.717) is 17.7 Å². The van der Waals surface area contributed by atoms with E-state index in [4.69, 9.17) is 9.72 Å². The maximum absolute atomic E-state index is 12.9. The van der Waals surface area contributed by atoms with Gasteiger partial charge < -0.3 is 9.30 Å². The van der Waals surface area contributed by atoms with E-state index in [1.807, 2.05) is 54.6 Å². The molecule has 0 radical (unpaired) electrons. The van der Waals surface area contributed by atoms with E-state index in [1.165, 1.54) is 7.11 Å². The molecule has 1 heterocycles. The quantitative estimate of drug-likeness (QED) is 0.308. The molecule has 0 aliphatic heterocycles. The minimum atomic E-state index is -0.607. The second-order valence-corrected chi connectivity index (χ2v) is 8.17. The van der Waals surface area contributed by atoms with Crippen molar-refractivity contribution in [3.63, 3.8) is 0 Å². The molecule has 0 unspecified atom stereocenters. The molecule has 33 heavy (non-hydrogen) atoms. The van der Waals surface area contributed by atoms with Gasteiger partial charge in [0.1, 0.15) is 11.4 Å². The largest absolute Gasteiger partial charge is 0.465 e. The Balaban J connectivity index is 1.54. The standard InChI is InChI=1S/C28H24N2O3/c1-3-8-24-29-22-11-6-7-12-23(22)30(24)17-18-13-15-19(16-14-18)25-20-9-4-5-10-21(20)27(31)26(25)28(32)33-2/h4-7,9-16H,3,8,17H2,1-2H3. The van der Waals surface area contributed by atoms with Crippen molar-refractivity contribution in [3.05, 3.63) is 106 Å². The molecule has 0 saturated heterocycles. The Morgan fingerprint density at radius 2 is 1.64 bits per heavy atom. The van der Waals surface area contributed by atoms with Gasteiger partial charge in [0.2, 0.25) is 5.78 Å². The van der Waals surface area contributed by atoms with Gasteiger partial charge in [-0.15, -0.1) is 0 Å². The summed E-state index contributed by atoms with van der Waals surface area (Å²) in [6.07, 6.45) is 1.95. The van der Waals surface area contributed by atoms with E-state index < -0.39 is 5.97 Å². The number of hydrogen-bond donors (Lipinski definition) is 0. The van der Waals surface area contributed by atoms with E-state index in [1.54, 1.807) is 12.1 Å². The molecule has 3 aromatic carbocycles. The van der Waals surface area contributed by atoms with Gasteiger partial charge in [-0.2, -0.15) is 0 Å². The van der Waals surface area contributed by atoms with Crippen LogP contribution in [0.5, 0.6) is 0 Å². The van der Waals surface area contributed by atoms with Gasteiger partial charge in [0, 0.05) is 24.1 Å².